The summed E-state index contributed by atoms with van der Waals surface area (Å²) in [6.07, 6.45) is 0. The maximum atomic E-state index is 5.30. The van der Waals surface area contributed by atoms with Crippen LogP contribution in [-0.2, 0) is 9.47 Å². The van der Waals surface area contributed by atoms with Crippen molar-refractivity contribution in [1.29, 1.82) is 0 Å². The van der Waals surface area contributed by atoms with E-state index in [9.17, 15) is 0 Å². The predicted molar refractivity (Wildman–Crippen MR) is 58.7 cm³/mol. The van der Waals surface area contributed by atoms with Crippen molar-refractivity contribution in [1.82, 2.24) is 4.90 Å². The molecule has 0 aliphatic carbocycles. The van der Waals surface area contributed by atoms with Crippen LogP contribution in [-0.4, -0.2) is 57.2 Å². The lowest BCUT2D eigenvalue weighted by molar-refractivity contribution is 0.0944. The molecule has 0 radical (unpaired) electrons. The van der Waals surface area contributed by atoms with Gasteiger partial charge in [-0.05, 0) is 14.0 Å². The number of nitrogens with zero attached hydrogens (tertiary/aromatic N) is 1. The van der Waals surface area contributed by atoms with Gasteiger partial charge in [0.2, 0.25) is 0 Å². The van der Waals surface area contributed by atoms with Gasteiger partial charge in [-0.1, -0.05) is 0 Å². The minimum atomic E-state index is 0.739. The molecule has 3 nitrogen and oxygen atoms in total. The molecule has 0 saturated carbocycles. The van der Waals surface area contributed by atoms with Gasteiger partial charge >= 0.3 is 0 Å². The smallest absolute Gasteiger partial charge is 0.0593 e. The second-order valence-electron chi connectivity index (χ2n) is 2.84. The van der Waals surface area contributed by atoms with Crippen molar-refractivity contribution in [3.05, 3.63) is 0 Å². The van der Waals surface area contributed by atoms with Crippen LogP contribution < -0.4 is 0 Å². The first kappa shape index (κ1) is 13.2. The second-order valence-corrected chi connectivity index (χ2v) is 3.28. The Balaban J connectivity index is 3.05. The highest BCUT2D eigenvalue weighted by Gasteiger charge is 1.96. The van der Waals surface area contributed by atoms with Crippen molar-refractivity contribution < 1.29 is 9.47 Å². The third-order valence-electron chi connectivity index (χ3n) is 1.67. The molecule has 80 valence electrons. The number of hydrogen-bond acceptors (Lipinski definition) is 4. The van der Waals surface area contributed by atoms with Crippen molar-refractivity contribution in [2.24, 2.45) is 0 Å². The van der Waals surface area contributed by atoms with Gasteiger partial charge in [-0.2, -0.15) is 12.6 Å². The van der Waals surface area contributed by atoms with Crippen LogP contribution in [0.5, 0.6) is 0 Å². The Labute approximate surface area is 86.8 Å². The topological polar surface area (TPSA) is 21.7 Å². The van der Waals surface area contributed by atoms with Crippen molar-refractivity contribution in [2.75, 3.05) is 52.3 Å². The van der Waals surface area contributed by atoms with Gasteiger partial charge in [0.05, 0.1) is 19.8 Å². The fourth-order valence-electron chi connectivity index (χ4n) is 0.864. The van der Waals surface area contributed by atoms with Crippen LogP contribution in [0.3, 0.4) is 0 Å². The summed E-state index contributed by atoms with van der Waals surface area (Å²) in [4.78, 5) is 2.20. The van der Waals surface area contributed by atoms with E-state index in [1.165, 1.54) is 0 Å². The largest absolute Gasteiger partial charge is 0.380 e. The summed E-state index contributed by atoms with van der Waals surface area (Å²) < 4.78 is 10.5. The lowest BCUT2D eigenvalue weighted by Crippen LogP contribution is -2.27. The molecule has 0 N–H and O–H groups in total. The molecule has 0 rings (SSSR count). The summed E-state index contributed by atoms with van der Waals surface area (Å²) >= 11 is 4.06. The summed E-state index contributed by atoms with van der Waals surface area (Å²) in [6.45, 7) is 7.06. The van der Waals surface area contributed by atoms with E-state index in [0.29, 0.717) is 0 Å². The SMILES string of the molecule is CCOCCN(C)CCOCCS. The highest BCUT2D eigenvalue weighted by Crippen LogP contribution is 1.85. The van der Waals surface area contributed by atoms with Gasteiger partial charge in [0.25, 0.3) is 0 Å². The fourth-order valence-corrected chi connectivity index (χ4v) is 0.993. The lowest BCUT2D eigenvalue weighted by Gasteiger charge is -2.15. The molecule has 0 saturated heterocycles. The number of likely N-dealkylation sites (N-methyl/N-ethyl adjacent to an activating group) is 1. The Hall–Kier alpha value is 0.230. The fraction of sp³-hybridized carbons (Fsp3) is 1.00. The van der Waals surface area contributed by atoms with E-state index in [4.69, 9.17) is 9.47 Å². The normalized spacial score (nSPS) is 11.1. The van der Waals surface area contributed by atoms with E-state index in [0.717, 1.165) is 45.3 Å². The molecule has 13 heavy (non-hydrogen) atoms. The zero-order valence-electron chi connectivity index (χ0n) is 8.66. The second kappa shape index (κ2) is 10.3. The summed E-state index contributed by atoms with van der Waals surface area (Å²) in [7, 11) is 2.07. The lowest BCUT2D eigenvalue weighted by atomic mass is 10.5. The molecular formula is C9H21NO2S. The minimum Gasteiger partial charge on any atom is -0.380 e. The molecule has 0 atom stereocenters. The van der Waals surface area contributed by atoms with Gasteiger partial charge in [0.15, 0.2) is 0 Å². The van der Waals surface area contributed by atoms with Gasteiger partial charge in [-0.25, -0.2) is 0 Å². The van der Waals surface area contributed by atoms with E-state index >= 15 is 0 Å². The van der Waals surface area contributed by atoms with Crippen LogP contribution in [0.1, 0.15) is 6.92 Å². The molecule has 0 bridgehead atoms. The third kappa shape index (κ3) is 10.1. The van der Waals surface area contributed by atoms with E-state index in [1.54, 1.807) is 0 Å². The molecule has 0 unspecified atom stereocenters. The highest BCUT2D eigenvalue weighted by atomic mass is 32.1. The van der Waals surface area contributed by atoms with Crippen LogP contribution in [0.4, 0.5) is 0 Å². The zero-order valence-corrected chi connectivity index (χ0v) is 9.56. The molecule has 0 spiro atoms. The van der Waals surface area contributed by atoms with Crippen LogP contribution in [0.2, 0.25) is 0 Å². The van der Waals surface area contributed by atoms with Gasteiger partial charge in [0.1, 0.15) is 0 Å². The molecule has 0 aromatic carbocycles. The zero-order chi connectivity index (χ0) is 9.94. The first-order valence-electron chi connectivity index (χ1n) is 4.76. The quantitative estimate of drug-likeness (QED) is 0.448. The van der Waals surface area contributed by atoms with Gasteiger partial charge in [-0.3, -0.25) is 0 Å². The summed E-state index contributed by atoms with van der Waals surface area (Å²) in [5, 5.41) is 0. The van der Waals surface area contributed by atoms with Crippen LogP contribution in [0.15, 0.2) is 0 Å². The predicted octanol–water partition coefficient (Wildman–Crippen LogP) is 0.901. The Morgan fingerprint density at radius 1 is 1.08 bits per heavy atom. The maximum Gasteiger partial charge on any atom is 0.0593 e. The van der Waals surface area contributed by atoms with E-state index in [2.05, 4.69) is 24.6 Å². The molecule has 0 amide bonds. The first-order valence-corrected chi connectivity index (χ1v) is 5.39. The summed E-state index contributed by atoms with van der Waals surface area (Å²) in [6, 6.07) is 0. The first-order chi connectivity index (χ1) is 6.31. The number of thiol groups is 1. The molecule has 0 aromatic rings. The Kier molecular flexibility index (Phi) is 10.5. The monoisotopic (exact) mass is 207 g/mol. The van der Waals surface area contributed by atoms with Gasteiger partial charge < -0.3 is 14.4 Å². The molecule has 0 heterocycles. The molecule has 4 heteroatoms. The van der Waals surface area contributed by atoms with Gasteiger partial charge in [0, 0.05) is 25.4 Å². The number of hydrogen-bond donors (Lipinski definition) is 1. The van der Waals surface area contributed by atoms with E-state index in [-0.39, 0.29) is 0 Å². The van der Waals surface area contributed by atoms with Crippen LogP contribution in [0, 0.1) is 0 Å². The molecular weight excluding hydrogens is 186 g/mol. The number of rotatable bonds is 9. The highest BCUT2D eigenvalue weighted by molar-refractivity contribution is 7.80. The summed E-state index contributed by atoms with van der Waals surface area (Å²) in [5.74, 6) is 0.794. The van der Waals surface area contributed by atoms with Crippen molar-refractivity contribution in [3.8, 4) is 0 Å². The van der Waals surface area contributed by atoms with Crippen molar-refractivity contribution in [2.45, 2.75) is 6.92 Å². The Morgan fingerprint density at radius 3 is 2.23 bits per heavy atom. The Bertz CT molecular complexity index is 104. The van der Waals surface area contributed by atoms with Gasteiger partial charge in [-0.15, -0.1) is 0 Å². The third-order valence-corrected chi connectivity index (χ3v) is 1.86. The summed E-state index contributed by atoms with van der Waals surface area (Å²) in [5.41, 5.74) is 0. The van der Waals surface area contributed by atoms with Crippen LogP contribution in [0.25, 0.3) is 0 Å². The van der Waals surface area contributed by atoms with Crippen molar-refractivity contribution in [3.63, 3.8) is 0 Å². The maximum absolute atomic E-state index is 5.30. The average molecular weight is 207 g/mol. The van der Waals surface area contributed by atoms with E-state index < -0.39 is 0 Å². The number of ether oxygens (including phenoxy) is 2. The minimum absolute atomic E-state index is 0.739. The average Bonchev–Trinajstić information content (AvgIpc) is 2.13. The Morgan fingerprint density at radius 2 is 1.69 bits per heavy atom. The standard InChI is InChI=1S/C9H21NO2S/c1-3-11-6-4-10(2)5-7-12-8-9-13/h13H,3-9H2,1-2H3. The van der Waals surface area contributed by atoms with Crippen molar-refractivity contribution >= 4 is 12.6 Å². The molecule has 0 fully saturated rings. The van der Waals surface area contributed by atoms with Crippen LogP contribution >= 0.6 is 12.6 Å². The molecule has 0 aliphatic heterocycles. The molecule has 0 aromatic heterocycles. The van der Waals surface area contributed by atoms with E-state index in [1.807, 2.05) is 6.92 Å². The molecule has 0 aliphatic rings.